The van der Waals surface area contributed by atoms with Gasteiger partial charge in [-0.25, -0.2) is 5.43 Å². The quantitative estimate of drug-likeness (QED) is 0.663. The lowest BCUT2D eigenvalue weighted by Crippen LogP contribution is -2.46. The first-order valence-electron chi connectivity index (χ1n) is 4.73. The fourth-order valence-electron chi connectivity index (χ4n) is 1.63. The molecule has 0 radical (unpaired) electrons. The van der Waals surface area contributed by atoms with E-state index in [0.717, 1.165) is 12.3 Å². The van der Waals surface area contributed by atoms with Crippen LogP contribution in [0.1, 0.15) is 22.9 Å². The maximum atomic E-state index is 12.4. The van der Waals surface area contributed by atoms with Crippen molar-refractivity contribution in [2.24, 2.45) is 5.73 Å². The summed E-state index contributed by atoms with van der Waals surface area (Å²) in [5.74, 6) is -0.681. The summed E-state index contributed by atoms with van der Waals surface area (Å²) in [7, 11) is 0. The SMILES string of the molecule is NC(=O)C1NNCc2cc(C(F)(F)F)ncc21. The van der Waals surface area contributed by atoms with Crippen molar-refractivity contribution in [2.45, 2.75) is 18.8 Å². The molecular formula is C9H9F3N4O. The van der Waals surface area contributed by atoms with E-state index in [1.165, 1.54) is 0 Å². The van der Waals surface area contributed by atoms with Crippen LogP contribution in [0.3, 0.4) is 0 Å². The van der Waals surface area contributed by atoms with Crippen LogP contribution in [-0.2, 0) is 17.5 Å². The molecule has 1 atom stereocenters. The molecule has 4 N–H and O–H groups in total. The Morgan fingerprint density at radius 3 is 2.82 bits per heavy atom. The third-order valence-corrected chi connectivity index (χ3v) is 2.44. The normalized spacial score (nSPS) is 19.8. The highest BCUT2D eigenvalue weighted by Crippen LogP contribution is 2.30. The van der Waals surface area contributed by atoms with E-state index in [9.17, 15) is 18.0 Å². The Hall–Kier alpha value is -1.67. The second-order valence-corrected chi connectivity index (χ2v) is 3.60. The number of nitrogens with two attached hydrogens (primary N) is 1. The van der Waals surface area contributed by atoms with Crippen LogP contribution in [0, 0.1) is 0 Å². The van der Waals surface area contributed by atoms with Gasteiger partial charge >= 0.3 is 6.18 Å². The van der Waals surface area contributed by atoms with E-state index in [1.807, 2.05) is 0 Å². The van der Waals surface area contributed by atoms with Crippen molar-refractivity contribution in [3.05, 3.63) is 29.1 Å². The second kappa shape index (κ2) is 3.97. The number of amides is 1. The fourth-order valence-corrected chi connectivity index (χ4v) is 1.63. The average Bonchev–Trinajstić information content (AvgIpc) is 2.26. The van der Waals surface area contributed by atoms with Crippen molar-refractivity contribution in [2.75, 3.05) is 0 Å². The minimum Gasteiger partial charge on any atom is -0.368 e. The van der Waals surface area contributed by atoms with Crippen molar-refractivity contribution in [3.8, 4) is 0 Å². The lowest BCUT2D eigenvalue weighted by atomic mass is 10.00. The van der Waals surface area contributed by atoms with Gasteiger partial charge < -0.3 is 5.73 Å². The van der Waals surface area contributed by atoms with Gasteiger partial charge in [0.25, 0.3) is 0 Å². The molecule has 0 aliphatic carbocycles. The summed E-state index contributed by atoms with van der Waals surface area (Å²) in [5.41, 5.74) is 10.0. The Morgan fingerprint density at radius 1 is 1.53 bits per heavy atom. The first kappa shape index (κ1) is 11.8. The summed E-state index contributed by atoms with van der Waals surface area (Å²) < 4.78 is 37.3. The van der Waals surface area contributed by atoms with Crippen molar-refractivity contribution < 1.29 is 18.0 Å². The minimum atomic E-state index is -4.50. The Labute approximate surface area is 94.2 Å². The molecule has 0 spiro atoms. The molecule has 5 nitrogen and oxygen atoms in total. The summed E-state index contributed by atoms with van der Waals surface area (Å²) in [6.07, 6.45) is -3.47. The molecule has 2 heterocycles. The highest BCUT2D eigenvalue weighted by molar-refractivity contribution is 5.82. The number of hydrazine groups is 1. The Morgan fingerprint density at radius 2 is 2.24 bits per heavy atom. The number of pyridine rings is 1. The smallest absolute Gasteiger partial charge is 0.368 e. The summed E-state index contributed by atoms with van der Waals surface area (Å²) in [4.78, 5) is 14.4. The Kier molecular flexibility index (Phi) is 2.76. The average molecular weight is 246 g/mol. The molecule has 0 saturated carbocycles. The number of carbonyl (C=O) groups is 1. The van der Waals surface area contributed by atoms with Crippen LogP contribution in [0.2, 0.25) is 0 Å². The summed E-state index contributed by atoms with van der Waals surface area (Å²) in [6, 6.07) is 0.0487. The molecule has 2 rings (SSSR count). The van der Waals surface area contributed by atoms with Crippen molar-refractivity contribution >= 4 is 5.91 Å². The first-order chi connectivity index (χ1) is 7.89. The minimum absolute atomic E-state index is 0.171. The number of alkyl halides is 3. The van der Waals surface area contributed by atoms with Gasteiger partial charge in [-0.05, 0) is 11.6 Å². The summed E-state index contributed by atoms with van der Waals surface area (Å²) in [5, 5.41) is 0. The third-order valence-electron chi connectivity index (χ3n) is 2.44. The molecular weight excluding hydrogens is 237 g/mol. The van der Waals surface area contributed by atoms with E-state index in [0.29, 0.717) is 11.1 Å². The zero-order valence-electron chi connectivity index (χ0n) is 8.51. The number of rotatable bonds is 1. The molecule has 0 fully saturated rings. The van der Waals surface area contributed by atoms with E-state index >= 15 is 0 Å². The molecule has 17 heavy (non-hydrogen) atoms. The number of carbonyl (C=O) groups excluding carboxylic acids is 1. The van der Waals surface area contributed by atoms with Crippen LogP contribution in [0.5, 0.6) is 0 Å². The monoisotopic (exact) mass is 246 g/mol. The summed E-state index contributed by atoms with van der Waals surface area (Å²) in [6.45, 7) is 0.171. The molecule has 1 aliphatic rings. The van der Waals surface area contributed by atoms with E-state index in [-0.39, 0.29) is 6.54 Å². The predicted molar refractivity (Wildman–Crippen MR) is 51.1 cm³/mol. The van der Waals surface area contributed by atoms with Gasteiger partial charge in [0.1, 0.15) is 11.7 Å². The molecule has 1 unspecified atom stereocenters. The molecule has 1 aromatic heterocycles. The molecule has 0 bridgehead atoms. The highest BCUT2D eigenvalue weighted by atomic mass is 19.4. The molecule has 92 valence electrons. The largest absolute Gasteiger partial charge is 0.433 e. The van der Waals surface area contributed by atoms with E-state index < -0.39 is 23.8 Å². The lowest BCUT2D eigenvalue weighted by molar-refractivity contribution is -0.141. The van der Waals surface area contributed by atoms with E-state index in [2.05, 4.69) is 15.8 Å². The van der Waals surface area contributed by atoms with Crippen LogP contribution in [0.15, 0.2) is 12.3 Å². The molecule has 1 aromatic rings. The van der Waals surface area contributed by atoms with Gasteiger partial charge in [0.05, 0.1) is 0 Å². The van der Waals surface area contributed by atoms with Gasteiger partial charge in [0.2, 0.25) is 5.91 Å². The fraction of sp³-hybridized carbons (Fsp3) is 0.333. The van der Waals surface area contributed by atoms with E-state index in [4.69, 9.17) is 5.73 Å². The van der Waals surface area contributed by atoms with Gasteiger partial charge in [-0.3, -0.25) is 15.2 Å². The van der Waals surface area contributed by atoms with Gasteiger partial charge in [-0.1, -0.05) is 0 Å². The zero-order valence-corrected chi connectivity index (χ0v) is 8.51. The van der Waals surface area contributed by atoms with Crippen LogP contribution in [-0.4, -0.2) is 10.9 Å². The molecule has 8 heteroatoms. The van der Waals surface area contributed by atoms with E-state index in [1.54, 1.807) is 0 Å². The number of nitrogens with zero attached hydrogens (tertiary/aromatic N) is 1. The standard InChI is InChI=1S/C9H9F3N4O/c10-9(11,12)6-1-4-2-15-16-7(8(13)17)5(4)3-14-6/h1,3,7,15-16H,2H2,(H2,13,17). The maximum absolute atomic E-state index is 12.4. The van der Waals surface area contributed by atoms with Gasteiger partial charge in [0.15, 0.2) is 0 Å². The Balaban J connectivity index is 2.43. The number of fused-ring (bicyclic) bond motifs is 1. The van der Waals surface area contributed by atoms with Crippen molar-refractivity contribution in [3.63, 3.8) is 0 Å². The number of aromatic nitrogens is 1. The maximum Gasteiger partial charge on any atom is 0.433 e. The number of hydrogen-bond donors (Lipinski definition) is 3. The molecule has 0 aromatic carbocycles. The second-order valence-electron chi connectivity index (χ2n) is 3.60. The number of primary amides is 1. The predicted octanol–water partition coefficient (Wildman–Crippen LogP) is 0.235. The Bertz CT molecular complexity index is 460. The van der Waals surface area contributed by atoms with Gasteiger partial charge in [-0.15, -0.1) is 0 Å². The molecule has 0 saturated heterocycles. The summed E-state index contributed by atoms with van der Waals surface area (Å²) >= 11 is 0. The highest BCUT2D eigenvalue weighted by Gasteiger charge is 2.34. The third kappa shape index (κ3) is 2.22. The van der Waals surface area contributed by atoms with Crippen LogP contribution in [0.25, 0.3) is 0 Å². The number of halogens is 3. The topological polar surface area (TPSA) is 80.0 Å². The number of hydrogen-bond acceptors (Lipinski definition) is 4. The van der Waals surface area contributed by atoms with Gasteiger partial charge in [0, 0.05) is 18.3 Å². The van der Waals surface area contributed by atoms with Crippen molar-refractivity contribution in [1.29, 1.82) is 0 Å². The lowest BCUT2D eigenvalue weighted by Gasteiger charge is -2.25. The van der Waals surface area contributed by atoms with Crippen LogP contribution < -0.4 is 16.6 Å². The van der Waals surface area contributed by atoms with Crippen LogP contribution in [0.4, 0.5) is 13.2 Å². The number of nitrogens with one attached hydrogen (secondary N) is 2. The molecule has 1 aliphatic heterocycles. The van der Waals surface area contributed by atoms with Crippen LogP contribution >= 0.6 is 0 Å². The van der Waals surface area contributed by atoms with Crippen molar-refractivity contribution in [1.82, 2.24) is 15.8 Å². The first-order valence-corrected chi connectivity index (χ1v) is 4.73. The van der Waals surface area contributed by atoms with Gasteiger partial charge in [-0.2, -0.15) is 13.2 Å². The zero-order chi connectivity index (χ0) is 12.6. The molecule has 1 amide bonds.